The van der Waals surface area contributed by atoms with Crippen LogP contribution in [0.5, 0.6) is 0 Å². The summed E-state index contributed by atoms with van der Waals surface area (Å²) >= 11 is 1.51. The second kappa shape index (κ2) is 7.23. The standard InChI is InChI=1S/C18H28N2O3S/c1-17(2)10-13(11-18(3,4)20-17)19-15(21)8-12(9-16(22)23)14-6-5-7-24-14/h5-7,12-13,20H,8-11H2,1-4H3,(H,19,21)(H,22,23). The van der Waals surface area contributed by atoms with E-state index < -0.39 is 5.97 Å². The molecular formula is C18H28N2O3S. The first-order valence-electron chi connectivity index (χ1n) is 8.40. The summed E-state index contributed by atoms with van der Waals surface area (Å²) in [5.74, 6) is -1.19. The Balaban J connectivity index is 1.99. The van der Waals surface area contributed by atoms with Crippen LogP contribution in [0, 0.1) is 0 Å². The van der Waals surface area contributed by atoms with E-state index in [9.17, 15) is 9.59 Å². The lowest BCUT2D eigenvalue weighted by molar-refractivity contribution is -0.137. The van der Waals surface area contributed by atoms with E-state index in [-0.39, 0.29) is 41.8 Å². The molecule has 1 aromatic rings. The molecule has 1 unspecified atom stereocenters. The van der Waals surface area contributed by atoms with Crippen LogP contribution in [0.1, 0.15) is 64.2 Å². The maximum absolute atomic E-state index is 12.5. The van der Waals surface area contributed by atoms with Crippen LogP contribution in [0.25, 0.3) is 0 Å². The summed E-state index contributed by atoms with van der Waals surface area (Å²) in [5, 5.41) is 17.8. The molecule has 0 aliphatic carbocycles. The summed E-state index contributed by atoms with van der Waals surface area (Å²) in [5.41, 5.74) is -0.0676. The Kier molecular flexibility index (Phi) is 5.71. The van der Waals surface area contributed by atoms with Crippen molar-refractivity contribution in [1.82, 2.24) is 10.6 Å². The number of rotatable bonds is 6. The van der Waals surface area contributed by atoms with Crippen molar-refractivity contribution in [3.63, 3.8) is 0 Å². The van der Waals surface area contributed by atoms with E-state index in [0.717, 1.165) is 17.7 Å². The second-order valence-electron chi connectivity index (χ2n) is 8.08. The van der Waals surface area contributed by atoms with Gasteiger partial charge in [0, 0.05) is 34.3 Å². The molecule has 2 rings (SSSR count). The molecule has 2 heterocycles. The van der Waals surface area contributed by atoms with Crippen molar-refractivity contribution in [3.8, 4) is 0 Å². The van der Waals surface area contributed by atoms with E-state index in [4.69, 9.17) is 5.11 Å². The van der Waals surface area contributed by atoms with Gasteiger partial charge in [-0.2, -0.15) is 0 Å². The molecule has 134 valence electrons. The van der Waals surface area contributed by atoms with Crippen molar-refractivity contribution in [2.75, 3.05) is 0 Å². The Morgan fingerprint density at radius 2 is 1.92 bits per heavy atom. The third-order valence-electron chi connectivity index (χ3n) is 4.35. The fourth-order valence-corrected chi connectivity index (χ4v) is 4.77. The zero-order chi connectivity index (χ0) is 18.0. The van der Waals surface area contributed by atoms with E-state index in [0.29, 0.717) is 0 Å². The van der Waals surface area contributed by atoms with Crippen molar-refractivity contribution in [3.05, 3.63) is 22.4 Å². The van der Waals surface area contributed by atoms with E-state index >= 15 is 0 Å². The van der Waals surface area contributed by atoms with Crippen LogP contribution in [0.15, 0.2) is 17.5 Å². The third kappa shape index (κ3) is 5.60. The molecule has 0 radical (unpaired) electrons. The van der Waals surface area contributed by atoms with E-state index in [1.165, 1.54) is 11.3 Å². The largest absolute Gasteiger partial charge is 0.481 e. The average molecular weight is 353 g/mol. The van der Waals surface area contributed by atoms with Crippen molar-refractivity contribution < 1.29 is 14.7 Å². The van der Waals surface area contributed by atoms with Gasteiger partial charge in [-0.25, -0.2) is 0 Å². The Bertz CT molecular complexity index is 565. The molecule has 1 aromatic heterocycles. The summed E-state index contributed by atoms with van der Waals surface area (Å²) in [6.45, 7) is 8.58. The highest BCUT2D eigenvalue weighted by Gasteiger charge is 2.38. The minimum absolute atomic E-state index is 0.0167. The number of piperidine rings is 1. The topological polar surface area (TPSA) is 78.4 Å². The van der Waals surface area contributed by atoms with Crippen molar-refractivity contribution in [2.24, 2.45) is 0 Å². The van der Waals surface area contributed by atoms with Gasteiger partial charge >= 0.3 is 5.97 Å². The molecule has 0 bridgehead atoms. The fourth-order valence-electron chi connectivity index (χ4n) is 3.94. The van der Waals surface area contributed by atoms with Crippen molar-refractivity contribution in [1.29, 1.82) is 0 Å². The normalized spacial score (nSPS) is 21.2. The van der Waals surface area contributed by atoms with E-state index in [1.807, 2.05) is 17.5 Å². The minimum Gasteiger partial charge on any atom is -0.481 e. The Morgan fingerprint density at radius 3 is 2.42 bits per heavy atom. The molecule has 0 spiro atoms. The number of hydrogen-bond donors (Lipinski definition) is 3. The molecule has 1 fully saturated rings. The van der Waals surface area contributed by atoms with Crippen LogP contribution < -0.4 is 10.6 Å². The molecule has 24 heavy (non-hydrogen) atoms. The summed E-state index contributed by atoms with van der Waals surface area (Å²) in [4.78, 5) is 24.6. The van der Waals surface area contributed by atoms with Crippen LogP contribution >= 0.6 is 11.3 Å². The molecule has 1 amide bonds. The van der Waals surface area contributed by atoms with Crippen LogP contribution in [-0.4, -0.2) is 34.1 Å². The van der Waals surface area contributed by atoms with Gasteiger partial charge in [0.05, 0.1) is 6.42 Å². The highest BCUT2D eigenvalue weighted by atomic mass is 32.1. The molecule has 1 aliphatic rings. The summed E-state index contributed by atoms with van der Waals surface area (Å²) in [6.07, 6.45) is 1.93. The fraction of sp³-hybridized carbons (Fsp3) is 0.667. The van der Waals surface area contributed by atoms with Crippen LogP contribution in [-0.2, 0) is 9.59 Å². The monoisotopic (exact) mass is 352 g/mol. The number of carbonyl (C=O) groups excluding carboxylic acids is 1. The van der Waals surface area contributed by atoms with Gasteiger partial charge < -0.3 is 15.7 Å². The Morgan fingerprint density at radius 1 is 1.29 bits per heavy atom. The van der Waals surface area contributed by atoms with Crippen molar-refractivity contribution in [2.45, 2.75) is 76.4 Å². The molecule has 6 heteroatoms. The number of hydrogen-bond acceptors (Lipinski definition) is 4. The molecule has 3 N–H and O–H groups in total. The van der Waals surface area contributed by atoms with Gasteiger partial charge in [-0.15, -0.1) is 11.3 Å². The maximum Gasteiger partial charge on any atom is 0.304 e. The first-order chi connectivity index (χ1) is 11.1. The smallest absolute Gasteiger partial charge is 0.304 e. The predicted octanol–water partition coefficient (Wildman–Crippen LogP) is 3.12. The van der Waals surface area contributed by atoms with E-state index in [2.05, 4.69) is 38.3 Å². The van der Waals surface area contributed by atoms with Gasteiger partial charge in [-0.05, 0) is 52.0 Å². The average Bonchev–Trinajstić information content (AvgIpc) is 2.86. The van der Waals surface area contributed by atoms with Gasteiger partial charge in [-0.3, -0.25) is 9.59 Å². The maximum atomic E-state index is 12.5. The number of carbonyl (C=O) groups is 2. The first kappa shape index (κ1) is 18.9. The molecule has 0 saturated carbocycles. The summed E-state index contributed by atoms with van der Waals surface area (Å²) in [7, 11) is 0. The van der Waals surface area contributed by atoms with Gasteiger partial charge in [0.2, 0.25) is 5.91 Å². The molecule has 0 aromatic carbocycles. The van der Waals surface area contributed by atoms with E-state index in [1.54, 1.807) is 0 Å². The first-order valence-corrected chi connectivity index (χ1v) is 9.28. The Labute approximate surface area is 147 Å². The van der Waals surface area contributed by atoms with Gasteiger partial charge in [0.25, 0.3) is 0 Å². The molecule has 1 aliphatic heterocycles. The molecule has 5 nitrogen and oxygen atoms in total. The van der Waals surface area contributed by atoms with Crippen LogP contribution in [0.4, 0.5) is 0 Å². The minimum atomic E-state index is -0.870. The quantitative estimate of drug-likeness (QED) is 0.735. The SMILES string of the molecule is CC1(C)CC(NC(=O)CC(CC(=O)O)c2cccs2)CC(C)(C)N1. The van der Waals surface area contributed by atoms with Crippen molar-refractivity contribution >= 4 is 23.2 Å². The lowest BCUT2D eigenvalue weighted by atomic mass is 9.79. The second-order valence-corrected chi connectivity index (χ2v) is 9.06. The lowest BCUT2D eigenvalue weighted by Crippen LogP contribution is -2.62. The number of thiophene rings is 1. The van der Waals surface area contributed by atoms with Gasteiger partial charge in [0.1, 0.15) is 0 Å². The zero-order valence-corrected chi connectivity index (χ0v) is 15.7. The summed E-state index contributed by atoms with van der Waals surface area (Å²) in [6, 6.07) is 3.91. The van der Waals surface area contributed by atoms with Gasteiger partial charge in [-0.1, -0.05) is 6.07 Å². The van der Waals surface area contributed by atoms with Crippen LogP contribution in [0.2, 0.25) is 0 Å². The third-order valence-corrected chi connectivity index (χ3v) is 5.39. The van der Waals surface area contributed by atoms with Gasteiger partial charge in [0.15, 0.2) is 0 Å². The number of carboxylic acids is 1. The number of amides is 1. The predicted molar refractivity (Wildman–Crippen MR) is 96.4 cm³/mol. The van der Waals surface area contributed by atoms with Crippen LogP contribution in [0.3, 0.4) is 0 Å². The number of carboxylic acid groups (broad SMARTS) is 1. The zero-order valence-electron chi connectivity index (χ0n) is 14.9. The number of aliphatic carboxylic acids is 1. The highest BCUT2D eigenvalue weighted by Crippen LogP contribution is 2.30. The molecule has 1 saturated heterocycles. The summed E-state index contributed by atoms with van der Waals surface area (Å²) < 4.78 is 0. The highest BCUT2D eigenvalue weighted by molar-refractivity contribution is 7.10. The number of nitrogens with one attached hydrogen (secondary N) is 2. The Hall–Kier alpha value is -1.40. The lowest BCUT2D eigenvalue weighted by Gasteiger charge is -2.46. The molecule has 1 atom stereocenters. The molecular weight excluding hydrogens is 324 g/mol.